The molecule has 0 fully saturated rings. The summed E-state index contributed by atoms with van der Waals surface area (Å²) in [6.45, 7) is 5.55. The van der Waals surface area contributed by atoms with E-state index >= 15 is 0 Å². The molecule has 1 amide bonds. The van der Waals surface area contributed by atoms with Gasteiger partial charge in [0.05, 0.1) is 5.69 Å². The minimum absolute atomic E-state index is 0.240. The van der Waals surface area contributed by atoms with Gasteiger partial charge in [-0.3, -0.25) is 4.79 Å². The summed E-state index contributed by atoms with van der Waals surface area (Å²) in [4.78, 5) is 17.6. The first kappa shape index (κ1) is 22.1. The fraction of sp³-hybridized carbons (Fsp3) is 0.154. The molecule has 3 aromatic carbocycles. The average molecular weight is 463 g/mol. The lowest BCUT2D eigenvalue weighted by Gasteiger charge is -2.25. The SMILES string of the molecule is Cc1ccccc1-c1nc(-c2ccc(NC(=O)C(C)(C)Oc3ccc(Cl)cc3)cc2)cs1. The van der Waals surface area contributed by atoms with Crippen molar-refractivity contribution < 1.29 is 9.53 Å². The van der Waals surface area contributed by atoms with Crippen molar-refractivity contribution in [2.24, 2.45) is 0 Å². The minimum Gasteiger partial charge on any atom is -0.478 e. The van der Waals surface area contributed by atoms with Crippen LogP contribution in [0.2, 0.25) is 5.02 Å². The van der Waals surface area contributed by atoms with Crippen molar-refractivity contribution in [3.63, 3.8) is 0 Å². The number of ether oxygens (including phenoxy) is 1. The molecule has 0 aliphatic rings. The fourth-order valence-electron chi connectivity index (χ4n) is 3.19. The van der Waals surface area contributed by atoms with Crippen molar-refractivity contribution in [1.82, 2.24) is 4.98 Å². The molecule has 0 saturated heterocycles. The van der Waals surface area contributed by atoms with Crippen LogP contribution in [0.3, 0.4) is 0 Å². The Morgan fingerprint density at radius 2 is 1.69 bits per heavy atom. The Morgan fingerprint density at radius 3 is 2.38 bits per heavy atom. The van der Waals surface area contributed by atoms with Gasteiger partial charge in [-0.2, -0.15) is 0 Å². The molecule has 1 heterocycles. The second kappa shape index (κ2) is 9.15. The third-order valence-electron chi connectivity index (χ3n) is 5.05. The largest absolute Gasteiger partial charge is 0.478 e. The lowest BCUT2D eigenvalue weighted by molar-refractivity contribution is -0.128. The topological polar surface area (TPSA) is 51.2 Å². The van der Waals surface area contributed by atoms with Crippen molar-refractivity contribution in [2.75, 3.05) is 5.32 Å². The molecule has 1 aromatic heterocycles. The monoisotopic (exact) mass is 462 g/mol. The van der Waals surface area contributed by atoms with Gasteiger partial charge in [0.15, 0.2) is 5.60 Å². The smallest absolute Gasteiger partial charge is 0.267 e. The van der Waals surface area contributed by atoms with Gasteiger partial charge in [0.2, 0.25) is 0 Å². The number of thiazole rings is 1. The van der Waals surface area contributed by atoms with E-state index in [1.54, 1.807) is 49.4 Å². The van der Waals surface area contributed by atoms with Gasteiger partial charge in [-0.1, -0.05) is 48.0 Å². The van der Waals surface area contributed by atoms with Crippen LogP contribution in [0.4, 0.5) is 5.69 Å². The number of aryl methyl sites for hydroxylation is 1. The number of benzene rings is 3. The van der Waals surface area contributed by atoms with Crippen LogP contribution in [0.1, 0.15) is 19.4 Å². The molecule has 0 aliphatic heterocycles. The van der Waals surface area contributed by atoms with E-state index in [1.807, 2.05) is 36.4 Å². The van der Waals surface area contributed by atoms with E-state index in [2.05, 4.69) is 29.8 Å². The molecule has 4 aromatic rings. The number of amides is 1. The van der Waals surface area contributed by atoms with E-state index in [4.69, 9.17) is 21.3 Å². The van der Waals surface area contributed by atoms with Crippen molar-refractivity contribution in [1.29, 1.82) is 0 Å². The first-order valence-corrected chi connectivity index (χ1v) is 11.5. The van der Waals surface area contributed by atoms with E-state index in [1.165, 1.54) is 5.56 Å². The lowest BCUT2D eigenvalue weighted by Crippen LogP contribution is -2.42. The van der Waals surface area contributed by atoms with Crippen molar-refractivity contribution >= 4 is 34.5 Å². The van der Waals surface area contributed by atoms with E-state index < -0.39 is 5.60 Å². The maximum atomic E-state index is 12.8. The summed E-state index contributed by atoms with van der Waals surface area (Å²) in [5.41, 5.74) is 3.91. The molecule has 0 atom stereocenters. The number of rotatable bonds is 6. The number of anilines is 1. The molecule has 0 radical (unpaired) electrons. The first-order valence-electron chi connectivity index (χ1n) is 10.2. The van der Waals surface area contributed by atoms with Gasteiger partial charge in [-0.05, 0) is 62.7 Å². The van der Waals surface area contributed by atoms with Gasteiger partial charge in [-0.15, -0.1) is 11.3 Å². The van der Waals surface area contributed by atoms with E-state index in [-0.39, 0.29) is 5.91 Å². The van der Waals surface area contributed by atoms with Gasteiger partial charge in [0.1, 0.15) is 10.8 Å². The molecular formula is C26H23ClN2O2S. The van der Waals surface area contributed by atoms with E-state index in [9.17, 15) is 4.79 Å². The zero-order chi connectivity index (χ0) is 22.7. The summed E-state index contributed by atoms with van der Waals surface area (Å²) < 4.78 is 5.86. The summed E-state index contributed by atoms with van der Waals surface area (Å²) in [7, 11) is 0. The molecule has 4 nitrogen and oxygen atoms in total. The number of nitrogens with one attached hydrogen (secondary N) is 1. The first-order chi connectivity index (χ1) is 15.3. The summed E-state index contributed by atoms with van der Waals surface area (Å²) in [5, 5.41) is 6.59. The zero-order valence-corrected chi connectivity index (χ0v) is 19.6. The number of hydrogen-bond acceptors (Lipinski definition) is 4. The maximum Gasteiger partial charge on any atom is 0.267 e. The van der Waals surface area contributed by atoms with Crippen molar-refractivity contribution in [3.05, 3.63) is 88.8 Å². The molecule has 0 unspecified atom stereocenters. The van der Waals surface area contributed by atoms with Crippen LogP contribution in [-0.4, -0.2) is 16.5 Å². The third kappa shape index (κ3) is 5.01. The number of carbonyl (C=O) groups is 1. The highest BCUT2D eigenvalue weighted by Crippen LogP contribution is 2.31. The second-order valence-corrected chi connectivity index (χ2v) is 9.25. The van der Waals surface area contributed by atoms with Gasteiger partial charge in [0.25, 0.3) is 5.91 Å². The van der Waals surface area contributed by atoms with Crippen LogP contribution in [0.15, 0.2) is 78.2 Å². The Bertz CT molecular complexity index is 1230. The predicted octanol–water partition coefficient (Wildman–Crippen LogP) is 7.24. The number of nitrogens with zero attached hydrogens (tertiary/aromatic N) is 1. The molecule has 6 heteroatoms. The average Bonchev–Trinajstić information content (AvgIpc) is 3.26. The highest BCUT2D eigenvalue weighted by Gasteiger charge is 2.30. The molecule has 0 saturated carbocycles. The van der Waals surface area contributed by atoms with E-state index in [0.29, 0.717) is 16.5 Å². The standard InChI is InChI=1S/C26H23ClN2O2S/c1-17-6-4-5-7-22(17)24-29-23(16-32-24)18-8-12-20(13-9-18)28-25(30)26(2,3)31-21-14-10-19(27)11-15-21/h4-16H,1-3H3,(H,28,30). The van der Waals surface area contributed by atoms with Crippen LogP contribution in [-0.2, 0) is 4.79 Å². The lowest BCUT2D eigenvalue weighted by atomic mass is 10.1. The van der Waals surface area contributed by atoms with Crippen molar-refractivity contribution in [2.45, 2.75) is 26.4 Å². The predicted molar refractivity (Wildman–Crippen MR) is 133 cm³/mol. The molecule has 0 aliphatic carbocycles. The summed E-state index contributed by atoms with van der Waals surface area (Å²) in [6, 6.07) is 22.8. The fourth-order valence-corrected chi connectivity index (χ4v) is 4.24. The van der Waals surface area contributed by atoms with Crippen LogP contribution >= 0.6 is 22.9 Å². The Balaban J connectivity index is 1.44. The van der Waals surface area contributed by atoms with Crippen LogP contribution in [0.25, 0.3) is 21.8 Å². The van der Waals surface area contributed by atoms with Crippen LogP contribution in [0, 0.1) is 6.92 Å². The Hall–Kier alpha value is -3.15. The maximum absolute atomic E-state index is 12.8. The van der Waals surface area contributed by atoms with Crippen LogP contribution in [0.5, 0.6) is 5.75 Å². The molecule has 1 N–H and O–H groups in total. The number of carbonyl (C=O) groups excluding carboxylic acids is 1. The Morgan fingerprint density at radius 1 is 1.00 bits per heavy atom. The number of hydrogen-bond donors (Lipinski definition) is 1. The van der Waals surface area contributed by atoms with Gasteiger partial charge in [0, 0.05) is 27.2 Å². The Kier molecular flexibility index (Phi) is 6.31. The molecule has 32 heavy (non-hydrogen) atoms. The number of halogens is 1. The normalized spacial score (nSPS) is 11.2. The van der Waals surface area contributed by atoms with E-state index in [0.717, 1.165) is 21.8 Å². The molecule has 0 bridgehead atoms. The van der Waals surface area contributed by atoms with Gasteiger partial charge >= 0.3 is 0 Å². The third-order valence-corrected chi connectivity index (χ3v) is 6.18. The summed E-state index contributed by atoms with van der Waals surface area (Å²) in [5.74, 6) is 0.341. The van der Waals surface area contributed by atoms with Gasteiger partial charge in [-0.25, -0.2) is 4.98 Å². The summed E-state index contributed by atoms with van der Waals surface area (Å²) >= 11 is 7.54. The Labute approximate surface area is 196 Å². The molecular weight excluding hydrogens is 440 g/mol. The molecule has 0 spiro atoms. The highest BCUT2D eigenvalue weighted by molar-refractivity contribution is 7.13. The highest BCUT2D eigenvalue weighted by atomic mass is 35.5. The van der Waals surface area contributed by atoms with Crippen molar-refractivity contribution in [3.8, 4) is 27.6 Å². The minimum atomic E-state index is -1.05. The summed E-state index contributed by atoms with van der Waals surface area (Å²) in [6.07, 6.45) is 0. The van der Waals surface area contributed by atoms with Gasteiger partial charge < -0.3 is 10.1 Å². The molecule has 162 valence electrons. The zero-order valence-electron chi connectivity index (χ0n) is 18.1. The second-order valence-electron chi connectivity index (χ2n) is 7.95. The van der Waals surface area contributed by atoms with Crippen LogP contribution < -0.4 is 10.1 Å². The quantitative estimate of drug-likeness (QED) is 0.328. The number of aromatic nitrogens is 1. The molecule has 4 rings (SSSR count).